The van der Waals surface area contributed by atoms with Crippen molar-refractivity contribution in [1.82, 2.24) is 9.55 Å². The van der Waals surface area contributed by atoms with Crippen LogP contribution in [0.5, 0.6) is 0 Å². The number of halogens is 2. The maximum absolute atomic E-state index is 15.7. The lowest BCUT2D eigenvalue weighted by atomic mass is 10.1. The molecule has 12 heteroatoms. The molecular weight excluding hydrogens is 530 g/mol. The van der Waals surface area contributed by atoms with Crippen molar-refractivity contribution in [1.29, 1.82) is 0 Å². The lowest BCUT2D eigenvalue weighted by molar-refractivity contribution is -0.264. The van der Waals surface area contributed by atoms with Gasteiger partial charge in [0.2, 0.25) is 0 Å². The summed E-state index contributed by atoms with van der Waals surface area (Å²) in [6.45, 7) is 0.938. The Morgan fingerprint density at radius 1 is 1.19 bits per heavy atom. The van der Waals surface area contributed by atoms with Crippen LogP contribution in [0.4, 0.5) is 4.39 Å². The van der Waals surface area contributed by atoms with E-state index >= 15 is 4.39 Å². The molecule has 31 heavy (non-hydrogen) atoms. The van der Waals surface area contributed by atoms with Crippen molar-refractivity contribution in [2.24, 2.45) is 0 Å². The van der Waals surface area contributed by atoms with Crippen LogP contribution in [0.25, 0.3) is 0 Å². The summed E-state index contributed by atoms with van der Waals surface area (Å²) in [5.74, 6) is -3.08. The highest BCUT2D eigenvalue weighted by Gasteiger charge is 2.60. The predicted molar refractivity (Wildman–Crippen MR) is 112 cm³/mol. The molecule has 6 atom stereocenters. The third-order valence-electron chi connectivity index (χ3n) is 5.58. The molecule has 3 fully saturated rings. The fourth-order valence-electron chi connectivity index (χ4n) is 3.97. The van der Waals surface area contributed by atoms with E-state index < -0.39 is 48.1 Å². The lowest BCUT2D eigenvalue weighted by Crippen LogP contribution is -2.49. The van der Waals surface area contributed by atoms with Gasteiger partial charge >= 0.3 is 5.69 Å². The van der Waals surface area contributed by atoms with E-state index in [1.165, 1.54) is 0 Å². The van der Waals surface area contributed by atoms with Gasteiger partial charge in [0.05, 0.1) is 10.2 Å². The largest absolute Gasteiger partial charge is 0.356 e. The third kappa shape index (κ3) is 5.20. The molecule has 174 valence electrons. The zero-order chi connectivity index (χ0) is 22.0. The van der Waals surface area contributed by atoms with Gasteiger partial charge in [0, 0.05) is 19.4 Å². The van der Waals surface area contributed by atoms with Crippen molar-refractivity contribution in [3.63, 3.8) is 0 Å². The molecule has 0 aromatic carbocycles. The number of aromatic nitrogens is 2. The van der Waals surface area contributed by atoms with Gasteiger partial charge in [-0.05, 0) is 61.1 Å². The van der Waals surface area contributed by atoms with Gasteiger partial charge in [0.15, 0.2) is 24.9 Å². The molecule has 4 heterocycles. The van der Waals surface area contributed by atoms with E-state index in [1.807, 2.05) is 0 Å². The molecule has 2 unspecified atom stereocenters. The van der Waals surface area contributed by atoms with Gasteiger partial charge in [0.25, 0.3) is 11.4 Å². The summed E-state index contributed by atoms with van der Waals surface area (Å²) in [5.41, 5.74) is -1.52. The molecule has 0 radical (unpaired) electrons. The van der Waals surface area contributed by atoms with E-state index in [9.17, 15) is 14.7 Å². The molecule has 4 rings (SSSR count). The van der Waals surface area contributed by atoms with Gasteiger partial charge in [0.1, 0.15) is 6.10 Å². The Balaban J connectivity index is 1.57. The fourth-order valence-corrected chi connectivity index (χ4v) is 4.40. The van der Waals surface area contributed by atoms with E-state index in [0.29, 0.717) is 26.1 Å². The molecule has 3 aliphatic rings. The minimum Gasteiger partial charge on any atom is -0.356 e. The number of aliphatic hydroxyl groups is 1. The number of ether oxygens (including phenoxy) is 5. The van der Waals surface area contributed by atoms with E-state index in [4.69, 9.17) is 23.7 Å². The van der Waals surface area contributed by atoms with Crippen LogP contribution in [0.15, 0.2) is 15.8 Å². The first-order valence-corrected chi connectivity index (χ1v) is 11.5. The van der Waals surface area contributed by atoms with Gasteiger partial charge in [-0.25, -0.2) is 9.18 Å². The minimum atomic E-state index is -3.08. The average molecular weight is 556 g/mol. The number of alkyl halides is 1. The first-order chi connectivity index (χ1) is 14.9. The first-order valence-electron chi connectivity index (χ1n) is 10.4. The van der Waals surface area contributed by atoms with Gasteiger partial charge < -0.3 is 28.8 Å². The SMILES string of the molecule is O=c1[nH]c(=O)n([C@@H]2O[C@H](COC3CCCCO3)[C@@H](OC3CCCCO3)[C@@]2(O)F)cc1I. The quantitative estimate of drug-likeness (QED) is 0.501. The Morgan fingerprint density at radius 2 is 1.87 bits per heavy atom. The van der Waals surface area contributed by atoms with Crippen LogP contribution < -0.4 is 11.2 Å². The number of hydrogen-bond donors (Lipinski definition) is 2. The summed E-state index contributed by atoms with van der Waals surface area (Å²) in [5, 5.41) is 10.8. The van der Waals surface area contributed by atoms with Crippen LogP contribution in [-0.4, -0.2) is 65.1 Å². The van der Waals surface area contributed by atoms with Crippen molar-refractivity contribution < 1.29 is 33.2 Å². The Kier molecular flexibility index (Phi) is 7.45. The first kappa shape index (κ1) is 23.3. The molecule has 0 saturated carbocycles. The van der Waals surface area contributed by atoms with Crippen molar-refractivity contribution >= 4 is 22.6 Å². The molecule has 0 aliphatic carbocycles. The molecule has 2 N–H and O–H groups in total. The highest BCUT2D eigenvalue weighted by Crippen LogP contribution is 2.42. The van der Waals surface area contributed by atoms with E-state index in [1.54, 1.807) is 22.6 Å². The van der Waals surface area contributed by atoms with Crippen molar-refractivity contribution in [2.45, 2.75) is 75.4 Å². The Morgan fingerprint density at radius 3 is 2.52 bits per heavy atom. The highest BCUT2D eigenvalue weighted by molar-refractivity contribution is 14.1. The van der Waals surface area contributed by atoms with Gasteiger partial charge in [-0.15, -0.1) is 0 Å². The summed E-state index contributed by atoms with van der Waals surface area (Å²) >= 11 is 1.71. The second-order valence-electron chi connectivity index (χ2n) is 7.88. The topological polar surface area (TPSA) is 121 Å². The predicted octanol–water partition coefficient (Wildman–Crippen LogP) is 1.15. The van der Waals surface area contributed by atoms with Crippen LogP contribution in [0, 0.1) is 3.57 Å². The maximum Gasteiger partial charge on any atom is 0.330 e. The standard InChI is InChI=1S/C19H26FIN2O8/c20-19(26)15(31-14-6-2-4-8-28-14)12(10-29-13-5-1-3-7-27-13)30-17(19)23-9-11(21)16(24)22-18(23)25/h9,12-15,17,26H,1-8,10H2,(H,22,24,25)/t12-,13?,14?,15-,17-,19+/m1/s1. The molecule has 1 aromatic rings. The van der Waals surface area contributed by atoms with Crippen LogP contribution in [0.2, 0.25) is 0 Å². The Bertz CT molecular complexity index is 865. The Hall–Kier alpha value is -0.900. The van der Waals surface area contributed by atoms with E-state index in [0.717, 1.165) is 36.4 Å². The summed E-state index contributed by atoms with van der Waals surface area (Å²) in [6.07, 6.45) is 0.611. The van der Waals surface area contributed by atoms with Crippen LogP contribution >= 0.6 is 22.6 Å². The molecule has 1 aromatic heterocycles. The lowest BCUT2D eigenvalue weighted by Gasteiger charge is -2.32. The molecular formula is C19H26FIN2O8. The van der Waals surface area contributed by atoms with Crippen molar-refractivity contribution in [3.8, 4) is 0 Å². The smallest absolute Gasteiger partial charge is 0.330 e. The molecule has 0 spiro atoms. The zero-order valence-corrected chi connectivity index (χ0v) is 19.0. The number of nitrogens with one attached hydrogen (secondary N) is 1. The summed E-state index contributed by atoms with van der Waals surface area (Å²) < 4.78 is 45.0. The number of H-pyrrole nitrogens is 1. The Labute approximate surface area is 191 Å². The summed E-state index contributed by atoms with van der Waals surface area (Å²) in [6, 6.07) is 0. The third-order valence-corrected chi connectivity index (χ3v) is 6.35. The van der Waals surface area contributed by atoms with Crippen LogP contribution in [0.1, 0.15) is 44.8 Å². The molecule has 10 nitrogen and oxygen atoms in total. The van der Waals surface area contributed by atoms with Crippen LogP contribution in [0.3, 0.4) is 0 Å². The number of nitrogens with zero attached hydrogens (tertiary/aromatic N) is 1. The minimum absolute atomic E-state index is 0.111. The molecule has 3 aliphatic heterocycles. The zero-order valence-electron chi connectivity index (χ0n) is 16.8. The highest BCUT2D eigenvalue weighted by atomic mass is 127. The second-order valence-corrected chi connectivity index (χ2v) is 9.04. The van der Waals surface area contributed by atoms with E-state index in [2.05, 4.69) is 4.98 Å². The number of rotatable bonds is 6. The van der Waals surface area contributed by atoms with Crippen molar-refractivity contribution in [3.05, 3.63) is 30.6 Å². The van der Waals surface area contributed by atoms with Gasteiger partial charge in [-0.3, -0.25) is 14.3 Å². The maximum atomic E-state index is 15.7. The molecule has 0 amide bonds. The van der Waals surface area contributed by atoms with Crippen molar-refractivity contribution in [2.75, 3.05) is 19.8 Å². The number of hydrogen-bond acceptors (Lipinski definition) is 8. The number of aromatic amines is 1. The molecule has 0 bridgehead atoms. The fraction of sp³-hybridized carbons (Fsp3) is 0.789. The van der Waals surface area contributed by atoms with Gasteiger partial charge in [-0.2, -0.15) is 0 Å². The average Bonchev–Trinajstić information content (AvgIpc) is 3.00. The van der Waals surface area contributed by atoms with Gasteiger partial charge in [-0.1, -0.05) is 0 Å². The normalized spacial score (nSPS) is 36.5. The second kappa shape index (κ2) is 9.93. The van der Waals surface area contributed by atoms with Crippen LogP contribution in [-0.2, 0) is 23.7 Å². The summed E-state index contributed by atoms with van der Waals surface area (Å²) in [7, 11) is 0. The summed E-state index contributed by atoms with van der Waals surface area (Å²) in [4.78, 5) is 26.1. The molecule has 3 saturated heterocycles. The monoisotopic (exact) mass is 556 g/mol. The van der Waals surface area contributed by atoms with E-state index in [-0.39, 0.29) is 10.2 Å².